The Balaban J connectivity index is 1.90. The summed E-state index contributed by atoms with van der Waals surface area (Å²) in [7, 11) is 0. The van der Waals surface area contributed by atoms with Gasteiger partial charge < -0.3 is 14.8 Å². The molecule has 0 aliphatic rings. The monoisotopic (exact) mass is 319 g/mol. The predicted molar refractivity (Wildman–Crippen MR) is 88.3 cm³/mol. The first-order valence-electron chi connectivity index (χ1n) is 7.19. The highest BCUT2D eigenvalue weighted by molar-refractivity contribution is 7.98. The number of aliphatic hydroxyl groups excluding tert-OH is 1. The van der Waals surface area contributed by atoms with Crippen molar-refractivity contribution in [3.63, 3.8) is 0 Å². The molecule has 1 amide bonds. The third-order valence-electron chi connectivity index (χ3n) is 3.49. The first-order valence-corrected chi connectivity index (χ1v) is 8.41. The van der Waals surface area contributed by atoms with E-state index in [1.54, 1.807) is 17.8 Å². The molecule has 1 heterocycles. The summed E-state index contributed by atoms with van der Waals surface area (Å²) in [6, 6.07) is 9.33. The van der Waals surface area contributed by atoms with Gasteiger partial charge in [-0.25, -0.2) is 0 Å². The highest BCUT2D eigenvalue weighted by Crippen LogP contribution is 2.24. The Morgan fingerprint density at radius 2 is 2.09 bits per heavy atom. The van der Waals surface area contributed by atoms with E-state index < -0.39 is 6.10 Å². The number of rotatable bonds is 6. The molecule has 0 aliphatic heterocycles. The number of nitrogens with one attached hydrogen (secondary N) is 1. The summed E-state index contributed by atoms with van der Waals surface area (Å²) in [5.74, 6) is 1.39. The lowest BCUT2D eigenvalue weighted by atomic mass is 10.1. The van der Waals surface area contributed by atoms with E-state index in [0.717, 1.165) is 22.0 Å². The predicted octanol–water partition coefficient (Wildman–Crippen LogP) is 3.47. The average Bonchev–Trinajstić information content (AvgIpc) is 2.85. The fourth-order valence-electron chi connectivity index (χ4n) is 2.39. The van der Waals surface area contributed by atoms with Crippen LogP contribution in [0.15, 0.2) is 39.6 Å². The Morgan fingerprint density at radius 3 is 2.73 bits per heavy atom. The minimum absolute atomic E-state index is 0.114. The lowest BCUT2D eigenvalue weighted by Crippen LogP contribution is -2.26. The van der Waals surface area contributed by atoms with E-state index in [0.29, 0.717) is 18.5 Å². The Morgan fingerprint density at radius 1 is 1.36 bits per heavy atom. The van der Waals surface area contributed by atoms with Gasteiger partial charge in [-0.05, 0) is 44.7 Å². The number of amides is 1. The smallest absolute Gasteiger partial charge is 0.252 e. The second-order valence-electron chi connectivity index (χ2n) is 5.13. The molecular formula is C17H21NO3S. The summed E-state index contributed by atoms with van der Waals surface area (Å²) in [4.78, 5) is 13.1. The fourth-order valence-corrected chi connectivity index (χ4v) is 2.98. The molecule has 2 aromatic rings. The van der Waals surface area contributed by atoms with Gasteiger partial charge in [-0.2, -0.15) is 0 Å². The van der Waals surface area contributed by atoms with Gasteiger partial charge in [-0.3, -0.25) is 4.79 Å². The summed E-state index contributed by atoms with van der Waals surface area (Å²) < 4.78 is 5.41. The van der Waals surface area contributed by atoms with Crippen LogP contribution in [0.5, 0.6) is 0 Å². The van der Waals surface area contributed by atoms with E-state index in [4.69, 9.17) is 4.42 Å². The molecule has 22 heavy (non-hydrogen) atoms. The van der Waals surface area contributed by atoms with E-state index in [2.05, 4.69) is 5.32 Å². The molecule has 118 valence electrons. The van der Waals surface area contributed by atoms with E-state index in [9.17, 15) is 9.90 Å². The van der Waals surface area contributed by atoms with Crippen molar-refractivity contribution in [2.45, 2.75) is 31.3 Å². The van der Waals surface area contributed by atoms with Crippen LogP contribution in [0.4, 0.5) is 0 Å². The first-order chi connectivity index (χ1) is 10.5. The van der Waals surface area contributed by atoms with Crippen LogP contribution in [0, 0.1) is 13.8 Å². The third-order valence-corrected chi connectivity index (χ3v) is 4.29. The minimum atomic E-state index is -0.631. The summed E-state index contributed by atoms with van der Waals surface area (Å²) in [6.45, 7) is 4.09. The fraction of sp³-hybridized carbons (Fsp3) is 0.353. The molecule has 1 atom stereocenters. The molecule has 0 bridgehead atoms. The van der Waals surface area contributed by atoms with Gasteiger partial charge in [0.2, 0.25) is 0 Å². The van der Waals surface area contributed by atoms with Crippen LogP contribution in [0.3, 0.4) is 0 Å². The number of thioether (sulfide) groups is 1. The van der Waals surface area contributed by atoms with Crippen molar-refractivity contribution in [2.75, 3.05) is 12.8 Å². The summed E-state index contributed by atoms with van der Waals surface area (Å²) in [5, 5.41) is 13.0. The Labute approximate surface area is 134 Å². The van der Waals surface area contributed by atoms with Crippen LogP contribution in [0.2, 0.25) is 0 Å². The van der Waals surface area contributed by atoms with Crippen LogP contribution in [0.25, 0.3) is 0 Å². The molecule has 4 nitrogen and oxygen atoms in total. The molecule has 0 saturated carbocycles. The molecule has 0 spiro atoms. The number of benzene rings is 1. The second-order valence-corrected chi connectivity index (χ2v) is 5.98. The molecule has 0 saturated heterocycles. The molecule has 1 aromatic heterocycles. The van der Waals surface area contributed by atoms with Gasteiger partial charge in [0.15, 0.2) is 0 Å². The first kappa shape index (κ1) is 16.6. The van der Waals surface area contributed by atoms with E-state index >= 15 is 0 Å². The van der Waals surface area contributed by atoms with Gasteiger partial charge in [0, 0.05) is 17.0 Å². The zero-order valence-electron chi connectivity index (χ0n) is 13.1. The van der Waals surface area contributed by atoms with Crippen molar-refractivity contribution in [1.29, 1.82) is 0 Å². The van der Waals surface area contributed by atoms with Crippen LogP contribution < -0.4 is 5.32 Å². The van der Waals surface area contributed by atoms with Gasteiger partial charge in [0.05, 0.1) is 11.7 Å². The van der Waals surface area contributed by atoms with Crippen molar-refractivity contribution in [3.05, 3.63) is 53.0 Å². The quantitative estimate of drug-likeness (QED) is 0.800. The van der Waals surface area contributed by atoms with E-state index in [1.165, 1.54) is 0 Å². The Kier molecular flexibility index (Phi) is 5.69. The highest BCUT2D eigenvalue weighted by atomic mass is 32.2. The van der Waals surface area contributed by atoms with E-state index in [1.807, 2.05) is 44.4 Å². The van der Waals surface area contributed by atoms with Gasteiger partial charge in [0.1, 0.15) is 11.5 Å². The molecule has 0 radical (unpaired) electrons. The average molecular weight is 319 g/mol. The zero-order chi connectivity index (χ0) is 16.1. The SMILES string of the molecule is CSc1ccccc1C(=O)NCCC(O)c1cc(C)oc1C. The number of aliphatic hydroxyl groups is 1. The number of hydrogen-bond acceptors (Lipinski definition) is 4. The van der Waals surface area contributed by atoms with Crippen molar-refractivity contribution in [3.8, 4) is 0 Å². The van der Waals surface area contributed by atoms with Crippen molar-refractivity contribution < 1.29 is 14.3 Å². The number of furan rings is 1. The maximum absolute atomic E-state index is 12.2. The minimum Gasteiger partial charge on any atom is -0.466 e. The van der Waals surface area contributed by atoms with Crippen LogP contribution in [-0.2, 0) is 0 Å². The van der Waals surface area contributed by atoms with E-state index in [-0.39, 0.29) is 5.91 Å². The summed E-state index contributed by atoms with van der Waals surface area (Å²) in [6.07, 6.45) is 1.76. The molecule has 1 aromatic carbocycles. The number of carbonyl (C=O) groups excluding carboxylic acids is 1. The van der Waals surface area contributed by atoms with Crippen molar-refractivity contribution in [2.24, 2.45) is 0 Å². The number of hydrogen-bond donors (Lipinski definition) is 2. The maximum atomic E-state index is 12.2. The lowest BCUT2D eigenvalue weighted by molar-refractivity contribution is 0.0939. The summed E-state index contributed by atoms with van der Waals surface area (Å²) >= 11 is 1.54. The van der Waals surface area contributed by atoms with Gasteiger partial charge in [-0.15, -0.1) is 11.8 Å². The number of aryl methyl sites for hydroxylation is 2. The van der Waals surface area contributed by atoms with Gasteiger partial charge >= 0.3 is 0 Å². The largest absolute Gasteiger partial charge is 0.466 e. The van der Waals surface area contributed by atoms with Crippen LogP contribution in [0.1, 0.15) is 40.0 Å². The maximum Gasteiger partial charge on any atom is 0.252 e. The molecule has 0 aliphatic carbocycles. The molecule has 1 unspecified atom stereocenters. The summed E-state index contributed by atoms with van der Waals surface area (Å²) in [5.41, 5.74) is 1.45. The molecule has 2 N–H and O–H groups in total. The highest BCUT2D eigenvalue weighted by Gasteiger charge is 2.15. The molecular weight excluding hydrogens is 298 g/mol. The zero-order valence-corrected chi connectivity index (χ0v) is 13.9. The van der Waals surface area contributed by atoms with Crippen molar-refractivity contribution >= 4 is 17.7 Å². The van der Waals surface area contributed by atoms with Gasteiger partial charge in [-0.1, -0.05) is 12.1 Å². The second kappa shape index (κ2) is 7.51. The normalized spacial score (nSPS) is 12.2. The Hall–Kier alpha value is -1.72. The molecule has 0 fully saturated rings. The number of carbonyl (C=O) groups is 1. The van der Waals surface area contributed by atoms with Crippen LogP contribution in [-0.4, -0.2) is 23.8 Å². The lowest BCUT2D eigenvalue weighted by Gasteiger charge is -2.12. The topological polar surface area (TPSA) is 62.5 Å². The van der Waals surface area contributed by atoms with Crippen molar-refractivity contribution in [1.82, 2.24) is 5.32 Å². The Bertz CT molecular complexity index is 651. The van der Waals surface area contributed by atoms with Crippen LogP contribution >= 0.6 is 11.8 Å². The third kappa shape index (κ3) is 3.93. The van der Waals surface area contributed by atoms with Gasteiger partial charge in [0.25, 0.3) is 5.91 Å². The molecule has 5 heteroatoms. The molecule has 2 rings (SSSR count). The standard InChI is InChI=1S/C17H21NO3S/c1-11-10-14(12(2)21-11)15(19)8-9-18-17(20)13-6-4-5-7-16(13)22-3/h4-7,10,15,19H,8-9H2,1-3H3,(H,18,20).